The van der Waals surface area contributed by atoms with Crippen LogP contribution in [0.4, 0.5) is 5.69 Å². The van der Waals surface area contributed by atoms with E-state index in [1.165, 1.54) is 36.1 Å². The number of anilines is 1. The van der Waals surface area contributed by atoms with Crippen LogP contribution in [0, 0.1) is 19.8 Å². The molecule has 0 bridgehead atoms. The smallest absolute Gasteiger partial charge is 0.237 e. The van der Waals surface area contributed by atoms with E-state index in [0.29, 0.717) is 12.0 Å². The van der Waals surface area contributed by atoms with Gasteiger partial charge in [0.1, 0.15) is 0 Å². The summed E-state index contributed by atoms with van der Waals surface area (Å²) in [6, 6.07) is 6.87. The molecular formula is C22H35N3O. The summed E-state index contributed by atoms with van der Waals surface area (Å²) < 4.78 is 0. The van der Waals surface area contributed by atoms with Crippen molar-refractivity contribution in [3.8, 4) is 0 Å². The standard InChI is InChI=1S/C22H35N3O/c1-16-9-7-11-21(18(16)3)25-14-12-24(13-15-25)19(4)22(26)23-20-10-6-5-8-17(20)2/h7,9,11,17,19-20H,5-6,8,10,12-15H2,1-4H3,(H,23,26). The van der Waals surface area contributed by atoms with E-state index >= 15 is 0 Å². The lowest BCUT2D eigenvalue weighted by Gasteiger charge is -2.40. The second-order valence-electron chi connectivity index (χ2n) is 8.29. The lowest BCUT2D eigenvalue weighted by atomic mass is 9.86. The van der Waals surface area contributed by atoms with Gasteiger partial charge in [0.05, 0.1) is 6.04 Å². The van der Waals surface area contributed by atoms with Crippen molar-refractivity contribution in [3.05, 3.63) is 29.3 Å². The van der Waals surface area contributed by atoms with Crippen molar-refractivity contribution in [2.24, 2.45) is 5.92 Å². The number of piperazine rings is 1. The number of nitrogens with one attached hydrogen (secondary N) is 1. The maximum Gasteiger partial charge on any atom is 0.237 e. The largest absolute Gasteiger partial charge is 0.369 e. The first-order valence-electron chi connectivity index (χ1n) is 10.3. The lowest BCUT2D eigenvalue weighted by molar-refractivity contribution is -0.127. The second-order valence-corrected chi connectivity index (χ2v) is 8.29. The third-order valence-electron chi connectivity index (χ3n) is 6.60. The highest BCUT2D eigenvalue weighted by molar-refractivity contribution is 5.81. The zero-order valence-electron chi connectivity index (χ0n) is 16.9. The Kier molecular flexibility index (Phi) is 6.23. The van der Waals surface area contributed by atoms with Gasteiger partial charge in [-0.3, -0.25) is 9.69 Å². The highest BCUT2D eigenvalue weighted by atomic mass is 16.2. The van der Waals surface area contributed by atoms with Gasteiger partial charge in [0.2, 0.25) is 5.91 Å². The van der Waals surface area contributed by atoms with Crippen LogP contribution in [0.5, 0.6) is 0 Å². The summed E-state index contributed by atoms with van der Waals surface area (Å²) in [5, 5.41) is 3.33. The fourth-order valence-corrected chi connectivity index (χ4v) is 4.43. The number of carbonyl (C=O) groups excluding carboxylic acids is 1. The molecule has 1 aromatic carbocycles. The third-order valence-corrected chi connectivity index (χ3v) is 6.60. The van der Waals surface area contributed by atoms with E-state index < -0.39 is 0 Å². The maximum atomic E-state index is 12.7. The first kappa shape index (κ1) is 19.2. The van der Waals surface area contributed by atoms with E-state index in [1.54, 1.807) is 0 Å². The molecule has 4 nitrogen and oxygen atoms in total. The summed E-state index contributed by atoms with van der Waals surface area (Å²) in [7, 11) is 0. The van der Waals surface area contributed by atoms with E-state index in [4.69, 9.17) is 0 Å². The Morgan fingerprint density at radius 1 is 1.12 bits per heavy atom. The Morgan fingerprint density at radius 2 is 1.81 bits per heavy atom. The molecule has 4 heteroatoms. The number of benzene rings is 1. The Bertz CT molecular complexity index is 622. The molecule has 1 amide bonds. The highest BCUT2D eigenvalue weighted by Crippen LogP contribution is 2.25. The summed E-state index contributed by atoms with van der Waals surface area (Å²) in [5.74, 6) is 0.824. The van der Waals surface area contributed by atoms with Crippen molar-refractivity contribution >= 4 is 11.6 Å². The van der Waals surface area contributed by atoms with Gasteiger partial charge in [-0.15, -0.1) is 0 Å². The molecule has 3 atom stereocenters. The van der Waals surface area contributed by atoms with Gasteiger partial charge in [0.15, 0.2) is 0 Å². The Hall–Kier alpha value is -1.55. The van der Waals surface area contributed by atoms with Crippen LogP contribution in [0.2, 0.25) is 0 Å². The summed E-state index contributed by atoms with van der Waals surface area (Å²) in [4.78, 5) is 17.5. The quantitative estimate of drug-likeness (QED) is 0.896. The Labute approximate surface area is 158 Å². The van der Waals surface area contributed by atoms with Gasteiger partial charge in [0.25, 0.3) is 0 Å². The van der Waals surface area contributed by atoms with Crippen LogP contribution in [0.25, 0.3) is 0 Å². The lowest BCUT2D eigenvalue weighted by Crippen LogP contribution is -2.56. The first-order chi connectivity index (χ1) is 12.5. The molecule has 1 aromatic rings. The van der Waals surface area contributed by atoms with Crippen LogP contribution < -0.4 is 10.2 Å². The van der Waals surface area contributed by atoms with Gasteiger partial charge in [-0.2, -0.15) is 0 Å². The molecule has 3 rings (SSSR count). The summed E-state index contributed by atoms with van der Waals surface area (Å²) in [6.07, 6.45) is 4.94. The van der Waals surface area contributed by atoms with E-state index in [9.17, 15) is 4.79 Å². The van der Waals surface area contributed by atoms with Gasteiger partial charge < -0.3 is 10.2 Å². The van der Waals surface area contributed by atoms with Crippen LogP contribution in [-0.4, -0.2) is 49.1 Å². The molecule has 1 aliphatic carbocycles. The number of nitrogens with zero attached hydrogens (tertiary/aromatic N) is 2. The fourth-order valence-electron chi connectivity index (χ4n) is 4.43. The molecule has 2 fully saturated rings. The maximum absolute atomic E-state index is 12.7. The SMILES string of the molecule is Cc1cccc(N2CCN(C(C)C(=O)NC3CCCCC3C)CC2)c1C. The van der Waals surface area contributed by atoms with Crippen molar-refractivity contribution in [2.45, 2.75) is 65.5 Å². The molecule has 144 valence electrons. The topological polar surface area (TPSA) is 35.6 Å². The summed E-state index contributed by atoms with van der Waals surface area (Å²) in [6.45, 7) is 12.6. The van der Waals surface area contributed by atoms with Crippen molar-refractivity contribution in [1.82, 2.24) is 10.2 Å². The molecule has 1 saturated carbocycles. The van der Waals surface area contributed by atoms with Gasteiger partial charge in [-0.25, -0.2) is 0 Å². The van der Waals surface area contributed by atoms with Crippen molar-refractivity contribution < 1.29 is 4.79 Å². The van der Waals surface area contributed by atoms with E-state index in [0.717, 1.165) is 32.6 Å². The average Bonchev–Trinajstić information content (AvgIpc) is 2.65. The van der Waals surface area contributed by atoms with Crippen molar-refractivity contribution in [3.63, 3.8) is 0 Å². The van der Waals surface area contributed by atoms with E-state index in [1.807, 2.05) is 0 Å². The Morgan fingerprint density at radius 3 is 2.50 bits per heavy atom. The van der Waals surface area contributed by atoms with E-state index in [-0.39, 0.29) is 11.9 Å². The highest BCUT2D eigenvalue weighted by Gasteiger charge is 2.29. The number of amides is 1. The van der Waals surface area contributed by atoms with Crippen LogP contribution in [0.1, 0.15) is 50.7 Å². The Balaban J connectivity index is 1.53. The minimum absolute atomic E-state index is 0.0371. The predicted octanol–water partition coefficient (Wildman–Crippen LogP) is 3.51. The number of rotatable bonds is 4. The molecule has 3 unspecified atom stereocenters. The van der Waals surface area contributed by atoms with Gasteiger partial charge in [-0.1, -0.05) is 31.9 Å². The van der Waals surface area contributed by atoms with Gasteiger partial charge in [0, 0.05) is 37.9 Å². The molecule has 1 aliphatic heterocycles. The molecule has 1 saturated heterocycles. The minimum atomic E-state index is -0.0371. The molecule has 26 heavy (non-hydrogen) atoms. The van der Waals surface area contributed by atoms with Crippen LogP contribution >= 0.6 is 0 Å². The van der Waals surface area contributed by atoms with Crippen molar-refractivity contribution in [1.29, 1.82) is 0 Å². The second kappa shape index (κ2) is 8.43. The van der Waals surface area contributed by atoms with Gasteiger partial charge in [-0.05, 0) is 56.7 Å². The average molecular weight is 358 g/mol. The molecular weight excluding hydrogens is 322 g/mol. The zero-order valence-corrected chi connectivity index (χ0v) is 16.9. The number of hydrogen-bond acceptors (Lipinski definition) is 3. The normalized spacial score (nSPS) is 25.8. The monoisotopic (exact) mass is 357 g/mol. The molecule has 1 heterocycles. The van der Waals surface area contributed by atoms with Gasteiger partial charge >= 0.3 is 0 Å². The zero-order chi connectivity index (χ0) is 18.7. The summed E-state index contributed by atoms with van der Waals surface area (Å²) in [5.41, 5.74) is 4.06. The number of carbonyl (C=O) groups is 1. The molecule has 1 N–H and O–H groups in total. The molecule has 0 radical (unpaired) electrons. The third kappa shape index (κ3) is 4.22. The van der Waals surface area contributed by atoms with Crippen molar-refractivity contribution in [2.75, 3.05) is 31.1 Å². The molecule has 0 spiro atoms. The summed E-state index contributed by atoms with van der Waals surface area (Å²) >= 11 is 0. The minimum Gasteiger partial charge on any atom is -0.369 e. The first-order valence-corrected chi connectivity index (χ1v) is 10.3. The number of hydrogen-bond donors (Lipinski definition) is 1. The van der Waals surface area contributed by atoms with Crippen LogP contribution in [-0.2, 0) is 4.79 Å². The number of aryl methyl sites for hydroxylation is 1. The van der Waals surface area contributed by atoms with Crippen LogP contribution in [0.15, 0.2) is 18.2 Å². The van der Waals surface area contributed by atoms with Crippen LogP contribution in [0.3, 0.4) is 0 Å². The predicted molar refractivity (Wildman–Crippen MR) is 109 cm³/mol. The molecule has 2 aliphatic rings. The fraction of sp³-hybridized carbons (Fsp3) is 0.682. The van der Waals surface area contributed by atoms with E-state index in [2.05, 4.69) is 61.0 Å². The molecule has 0 aromatic heterocycles.